The van der Waals surface area contributed by atoms with Crippen LogP contribution in [0.5, 0.6) is 0 Å². The van der Waals surface area contributed by atoms with Gasteiger partial charge in [0.2, 0.25) is 0 Å². The predicted molar refractivity (Wildman–Crippen MR) is 70.9 cm³/mol. The Morgan fingerprint density at radius 1 is 1.58 bits per heavy atom. The summed E-state index contributed by atoms with van der Waals surface area (Å²) in [5.41, 5.74) is 7.38. The van der Waals surface area contributed by atoms with Crippen LogP contribution in [0.25, 0.3) is 0 Å². The van der Waals surface area contributed by atoms with Crippen molar-refractivity contribution in [3.8, 4) is 0 Å². The highest BCUT2D eigenvalue weighted by Gasteiger charge is 2.22. The van der Waals surface area contributed by atoms with Crippen LogP contribution in [-0.4, -0.2) is 35.1 Å². The lowest BCUT2D eigenvalue weighted by molar-refractivity contribution is -0.0303. The van der Waals surface area contributed by atoms with Crippen LogP contribution < -0.4 is 5.73 Å². The topological polar surface area (TPSA) is 79.4 Å². The quantitative estimate of drug-likeness (QED) is 0.831. The summed E-state index contributed by atoms with van der Waals surface area (Å²) in [5, 5.41) is 4.20. The van der Waals surface area contributed by atoms with Crippen LogP contribution in [0.4, 0.5) is 5.69 Å². The number of rotatable bonds is 4. The number of nitrogen functional groups attached to an aromatic ring is 1. The van der Waals surface area contributed by atoms with Crippen molar-refractivity contribution in [3.63, 3.8) is 0 Å². The number of hydrogen-bond donors (Lipinski definition) is 1. The van der Waals surface area contributed by atoms with E-state index in [0.29, 0.717) is 17.8 Å². The highest BCUT2D eigenvalue weighted by molar-refractivity contribution is 5.93. The number of hydrogen-bond acceptors (Lipinski definition) is 5. The van der Waals surface area contributed by atoms with E-state index < -0.39 is 5.97 Å². The monoisotopic (exact) mass is 267 g/mol. The van der Waals surface area contributed by atoms with Crippen molar-refractivity contribution in [2.45, 2.75) is 38.7 Å². The molecule has 1 fully saturated rings. The Bertz CT molecular complexity index is 450. The zero-order chi connectivity index (χ0) is 13.8. The maximum absolute atomic E-state index is 12.0. The van der Waals surface area contributed by atoms with Gasteiger partial charge in [0.05, 0.1) is 17.5 Å². The number of carbonyl (C=O) groups is 1. The van der Waals surface area contributed by atoms with Gasteiger partial charge in [0.1, 0.15) is 6.61 Å². The Morgan fingerprint density at radius 2 is 2.37 bits per heavy atom. The van der Waals surface area contributed by atoms with E-state index in [2.05, 4.69) is 5.10 Å². The van der Waals surface area contributed by atoms with E-state index in [0.717, 1.165) is 31.6 Å². The van der Waals surface area contributed by atoms with Crippen molar-refractivity contribution in [1.29, 1.82) is 0 Å². The van der Waals surface area contributed by atoms with E-state index in [1.165, 1.54) is 4.68 Å². The SMILES string of the molecule is CCc1nn(C)c(C(=O)OCC2CCCCO2)c1N. The molecule has 6 heteroatoms. The number of ether oxygens (including phenoxy) is 2. The third-order valence-corrected chi connectivity index (χ3v) is 3.36. The van der Waals surface area contributed by atoms with Crippen molar-refractivity contribution in [1.82, 2.24) is 9.78 Å². The summed E-state index contributed by atoms with van der Waals surface area (Å²) >= 11 is 0. The van der Waals surface area contributed by atoms with E-state index in [-0.39, 0.29) is 12.7 Å². The third kappa shape index (κ3) is 3.07. The molecular formula is C13H21N3O3. The maximum atomic E-state index is 12.0. The van der Waals surface area contributed by atoms with Crippen LogP contribution in [-0.2, 0) is 22.9 Å². The first-order valence-electron chi connectivity index (χ1n) is 6.73. The average Bonchev–Trinajstić information content (AvgIpc) is 2.72. The standard InChI is InChI=1S/C13H21N3O3/c1-3-10-11(14)12(16(2)15-10)13(17)19-8-9-6-4-5-7-18-9/h9H,3-8,14H2,1-2H3. The molecule has 19 heavy (non-hydrogen) atoms. The van der Waals surface area contributed by atoms with Crippen LogP contribution in [0.15, 0.2) is 0 Å². The van der Waals surface area contributed by atoms with Crippen molar-refractivity contribution in [2.75, 3.05) is 18.9 Å². The summed E-state index contributed by atoms with van der Waals surface area (Å²) in [7, 11) is 1.70. The van der Waals surface area contributed by atoms with Gasteiger partial charge in [-0.25, -0.2) is 4.79 Å². The van der Waals surface area contributed by atoms with Crippen molar-refractivity contribution < 1.29 is 14.3 Å². The van der Waals surface area contributed by atoms with E-state index >= 15 is 0 Å². The molecule has 0 spiro atoms. The molecule has 6 nitrogen and oxygen atoms in total. The maximum Gasteiger partial charge on any atom is 0.358 e. The van der Waals surface area contributed by atoms with Crippen LogP contribution in [0.3, 0.4) is 0 Å². The Hall–Kier alpha value is -1.56. The Kier molecular flexibility index (Phi) is 4.42. The summed E-state index contributed by atoms with van der Waals surface area (Å²) in [6.45, 7) is 2.98. The third-order valence-electron chi connectivity index (χ3n) is 3.36. The molecule has 1 atom stereocenters. The number of anilines is 1. The number of nitrogens with zero attached hydrogens (tertiary/aromatic N) is 2. The minimum absolute atomic E-state index is 0.0118. The van der Waals surface area contributed by atoms with Crippen LogP contribution >= 0.6 is 0 Å². The minimum Gasteiger partial charge on any atom is -0.458 e. The van der Waals surface area contributed by atoms with Crippen molar-refractivity contribution in [2.24, 2.45) is 7.05 Å². The van der Waals surface area contributed by atoms with E-state index in [1.54, 1.807) is 7.05 Å². The minimum atomic E-state index is -0.429. The molecule has 1 aromatic rings. The fourth-order valence-electron chi connectivity index (χ4n) is 2.27. The second kappa shape index (κ2) is 6.06. The largest absolute Gasteiger partial charge is 0.458 e. The summed E-state index contributed by atoms with van der Waals surface area (Å²) in [6.07, 6.45) is 3.85. The molecule has 0 amide bonds. The number of nitrogens with two attached hydrogens (primary N) is 1. The molecule has 0 bridgehead atoms. The molecule has 0 saturated carbocycles. The molecule has 0 radical (unpaired) electrons. The Morgan fingerprint density at radius 3 is 2.95 bits per heavy atom. The van der Waals surface area contributed by atoms with Crippen LogP contribution in [0, 0.1) is 0 Å². The fourth-order valence-corrected chi connectivity index (χ4v) is 2.27. The second-order valence-electron chi connectivity index (χ2n) is 4.77. The molecule has 0 aromatic carbocycles. The molecule has 1 unspecified atom stereocenters. The zero-order valence-electron chi connectivity index (χ0n) is 11.5. The number of aromatic nitrogens is 2. The van der Waals surface area contributed by atoms with Crippen LogP contribution in [0.2, 0.25) is 0 Å². The average molecular weight is 267 g/mol. The van der Waals surface area contributed by atoms with Gasteiger partial charge in [-0.3, -0.25) is 4.68 Å². The summed E-state index contributed by atoms with van der Waals surface area (Å²) in [4.78, 5) is 12.0. The molecule has 1 aliphatic rings. The van der Waals surface area contributed by atoms with Gasteiger partial charge in [0.15, 0.2) is 5.69 Å². The molecule has 1 aromatic heterocycles. The molecule has 2 rings (SSSR count). The predicted octanol–water partition coefficient (Wildman–Crippen LogP) is 1.29. The van der Waals surface area contributed by atoms with Crippen molar-refractivity contribution >= 4 is 11.7 Å². The first kappa shape index (κ1) is 13.9. The highest BCUT2D eigenvalue weighted by atomic mass is 16.6. The van der Waals surface area contributed by atoms with Gasteiger partial charge in [-0.2, -0.15) is 5.10 Å². The van der Waals surface area contributed by atoms with Gasteiger partial charge in [-0.15, -0.1) is 0 Å². The molecule has 1 saturated heterocycles. The van der Waals surface area contributed by atoms with Crippen molar-refractivity contribution in [3.05, 3.63) is 11.4 Å². The van der Waals surface area contributed by atoms with E-state index in [4.69, 9.17) is 15.2 Å². The Labute approximate surface area is 112 Å². The summed E-state index contributed by atoms with van der Waals surface area (Å²) in [6, 6.07) is 0. The number of aryl methyl sites for hydroxylation is 2. The molecule has 1 aliphatic heterocycles. The first-order valence-corrected chi connectivity index (χ1v) is 6.73. The lowest BCUT2D eigenvalue weighted by Crippen LogP contribution is -2.26. The smallest absolute Gasteiger partial charge is 0.358 e. The molecular weight excluding hydrogens is 246 g/mol. The number of carbonyl (C=O) groups excluding carboxylic acids is 1. The first-order chi connectivity index (χ1) is 9.13. The lowest BCUT2D eigenvalue weighted by Gasteiger charge is -2.22. The van der Waals surface area contributed by atoms with Gasteiger partial charge >= 0.3 is 5.97 Å². The normalized spacial score (nSPS) is 19.4. The number of esters is 1. The van der Waals surface area contributed by atoms with Gasteiger partial charge in [0, 0.05) is 13.7 Å². The van der Waals surface area contributed by atoms with Crippen LogP contribution in [0.1, 0.15) is 42.4 Å². The molecule has 2 N–H and O–H groups in total. The molecule has 106 valence electrons. The van der Waals surface area contributed by atoms with Gasteiger partial charge in [-0.1, -0.05) is 6.92 Å². The second-order valence-corrected chi connectivity index (χ2v) is 4.77. The van der Waals surface area contributed by atoms with Gasteiger partial charge in [0.25, 0.3) is 0 Å². The molecule has 2 heterocycles. The van der Waals surface area contributed by atoms with Gasteiger partial charge < -0.3 is 15.2 Å². The summed E-state index contributed by atoms with van der Waals surface area (Å²) < 4.78 is 12.3. The highest BCUT2D eigenvalue weighted by Crippen LogP contribution is 2.19. The fraction of sp³-hybridized carbons (Fsp3) is 0.692. The Balaban J connectivity index is 1.97. The zero-order valence-corrected chi connectivity index (χ0v) is 11.5. The van der Waals surface area contributed by atoms with Gasteiger partial charge in [-0.05, 0) is 25.7 Å². The lowest BCUT2D eigenvalue weighted by atomic mass is 10.1. The summed E-state index contributed by atoms with van der Waals surface area (Å²) in [5.74, 6) is -0.429. The molecule has 0 aliphatic carbocycles. The van der Waals surface area contributed by atoms with E-state index in [9.17, 15) is 4.79 Å². The van der Waals surface area contributed by atoms with E-state index in [1.807, 2.05) is 6.92 Å².